The van der Waals surface area contributed by atoms with Crippen molar-refractivity contribution in [1.82, 2.24) is 0 Å². The van der Waals surface area contributed by atoms with E-state index in [1.807, 2.05) is 0 Å². The van der Waals surface area contributed by atoms with Crippen LogP contribution in [0.3, 0.4) is 0 Å². The number of rotatable bonds is 5. The molecule has 2 aromatic carbocycles. The maximum absolute atomic E-state index is 13.1. The Bertz CT molecular complexity index is 802. The minimum Gasteiger partial charge on any atom is -0.449 e. The predicted octanol–water partition coefficient (Wildman–Crippen LogP) is 2.25. The Morgan fingerprint density at radius 1 is 1.00 bits per heavy atom. The number of hydrogen-bond donors (Lipinski definition) is 2. The molecule has 0 spiro atoms. The second kappa shape index (κ2) is 7.52. The molecule has 2 aromatic rings. The average Bonchev–Trinajstić information content (AvgIpc) is 2.54. The summed E-state index contributed by atoms with van der Waals surface area (Å²) in [4.78, 5) is 34.8. The van der Waals surface area contributed by atoms with Crippen LogP contribution in [-0.4, -0.2) is 23.9 Å². The van der Waals surface area contributed by atoms with Gasteiger partial charge in [0.1, 0.15) is 11.6 Å². The van der Waals surface area contributed by atoms with E-state index in [0.717, 1.165) is 12.1 Å². The maximum atomic E-state index is 13.1. The summed E-state index contributed by atoms with van der Waals surface area (Å²) in [7, 11) is 0. The van der Waals surface area contributed by atoms with Crippen LogP contribution in [0.25, 0.3) is 0 Å². The molecule has 130 valence electrons. The van der Waals surface area contributed by atoms with E-state index in [-0.39, 0.29) is 11.1 Å². The number of nitrogens with one attached hydrogen (secondary N) is 1. The fourth-order valence-electron chi connectivity index (χ4n) is 1.92. The van der Waals surface area contributed by atoms with Crippen molar-refractivity contribution in [2.24, 2.45) is 5.73 Å². The molecule has 2 rings (SSSR count). The molecule has 25 heavy (non-hydrogen) atoms. The van der Waals surface area contributed by atoms with Gasteiger partial charge in [-0.3, -0.25) is 9.59 Å². The second-order valence-corrected chi connectivity index (χ2v) is 5.14. The summed E-state index contributed by atoms with van der Waals surface area (Å²) in [5.41, 5.74) is 5.39. The van der Waals surface area contributed by atoms with E-state index in [2.05, 4.69) is 5.32 Å². The molecule has 1 atom stereocenters. The van der Waals surface area contributed by atoms with E-state index < -0.39 is 35.5 Å². The number of primary amides is 1. The standard InChI is InChI=1S/C17H14F2N2O4/c1-9(25-17(24)11-6-12(18)8-13(19)7-11)16(23)21-14-4-2-10(3-5-14)15(20)22/h2-9H,1H3,(H2,20,22)(H,21,23). The molecule has 0 aliphatic carbocycles. The number of anilines is 1. The summed E-state index contributed by atoms with van der Waals surface area (Å²) in [6, 6.07) is 7.97. The van der Waals surface area contributed by atoms with E-state index in [4.69, 9.17) is 10.5 Å². The van der Waals surface area contributed by atoms with Crippen LogP contribution >= 0.6 is 0 Å². The number of carbonyl (C=O) groups is 3. The minimum absolute atomic E-state index is 0.269. The SMILES string of the molecule is CC(OC(=O)c1cc(F)cc(F)c1)C(=O)Nc1ccc(C(N)=O)cc1. The van der Waals surface area contributed by atoms with Gasteiger partial charge in [0, 0.05) is 17.3 Å². The van der Waals surface area contributed by atoms with Crippen LogP contribution in [0.4, 0.5) is 14.5 Å². The van der Waals surface area contributed by atoms with Crippen molar-refractivity contribution in [3.63, 3.8) is 0 Å². The molecule has 3 N–H and O–H groups in total. The first-order valence-electron chi connectivity index (χ1n) is 7.14. The normalized spacial score (nSPS) is 11.5. The highest BCUT2D eigenvalue weighted by Crippen LogP contribution is 2.13. The van der Waals surface area contributed by atoms with Gasteiger partial charge in [0.05, 0.1) is 5.56 Å². The molecular formula is C17H14F2N2O4. The molecule has 0 radical (unpaired) electrons. The zero-order valence-corrected chi connectivity index (χ0v) is 13.1. The Kier molecular flexibility index (Phi) is 5.43. The third-order valence-electron chi connectivity index (χ3n) is 3.19. The first-order chi connectivity index (χ1) is 11.8. The number of esters is 1. The highest BCUT2D eigenvalue weighted by atomic mass is 19.1. The number of halogens is 2. The smallest absolute Gasteiger partial charge is 0.339 e. The molecule has 8 heteroatoms. The Labute approximate surface area is 141 Å². The summed E-state index contributed by atoms with van der Waals surface area (Å²) in [6.07, 6.45) is -1.21. The Hall–Kier alpha value is -3.29. The van der Waals surface area contributed by atoms with Crippen LogP contribution in [0.1, 0.15) is 27.6 Å². The summed E-state index contributed by atoms with van der Waals surface area (Å²) < 4.78 is 31.1. The lowest BCUT2D eigenvalue weighted by Gasteiger charge is -2.14. The molecule has 0 heterocycles. The van der Waals surface area contributed by atoms with Gasteiger partial charge in [-0.25, -0.2) is 13.6 Å². The summed E-state index contributed by atoms with van der Waals surface area (Å²) >= 11 is 0. The highest BCUT2D eigenvalue weighted by Gasteiger charge is 2.20. The fourth-order valence-corrected chi connectivity index (χ4v) is 1.92. The van der Waals surface area contributed by atoms with Crippen LogP contribution in [0.2, 0.25) is 0 Å². The van der Waals surface area contributed by atoms with Gasteiger partial charge in [0.2, 0.25) is 5.91 Å². The summed E-state index contributed by atoms with van der Waals surface area (Å²) in [6.45, 7) is 1.31. The highest BCUT2D eigenvalue weighted by molar-refractivity contribution is 5.98. The lowest BCUT2D eigenvalue weighted by atomic mass is 10.2. The Balaban J connectivity index is 1.99. The summed E-state index contributed by atoms with van der Waals surface area (Å²) in [5, 5.41) is 2.47. The molecule has 0 aliphatic rings. The van der Waals surface area contributed by atoms with Crippen LogP contribution in [0.15, 0.2) is 42.5 Å². The van der Waals surface area contributed by atoms with Crippen molar-refractivity contribution >= 4 is 23.5 Å². The Morgan fingerprint density at radius 2 is 1.56 bits per heavy atom. The number of ether oxygens (including phenoxy) is 1. The van der Waals surface area contributed by atoms with Crippen molar-refractivity contribution < 1.29 is 27.9 Å². The lowest BCUT2D eigenvalue weighted by Crippen LogP contribution is -2.30. The van der Waals surface area contributed by atoms with Gasteiger partial charge in [0.15, 0.2) is 6.10 Å². The van der Waals surface area contributed by atoms with Crippen LogP contribution in [0.5, 0.6) is 0 Å². The van der Waals surface area contributed by atoms with Gasteiger partial charge in [0.25, 0.3) is 5.91 Å². The lowest BCUT2D eigenvalue weighted by molar-refractivity contribution is -0.123. The third-order valence-corrected chi connectivity index (χ3v) is 3.19. The number of carbonyl (C=O) groups excluding carboxylic acids is 3. The van der Waals surface area contributed by atoms with Crippen LogP contribution < -0.4 is 11.1 Å². The number of benzene rings is 2. The fraction of sp³-hybridized carbons (Fsp3) is 0.118. The van der Waals surface area contributed by atoms with Gasteiger partial charge < -0.3 is 15.8 Å². The van der Waals surface area contributed by atoms with Gasteiger partial charge in [-0.05, 0) is 43.3 Å². The summed E-state index contributed by atoms with van der Waals surface area (Å²) in [5.74, 6) is -4.16. The van der Waals surface area contributed by atoms with E-state index in [0.29, 0.717) is 11.8 Å². The first kappa shape index (κ1) is 18.1. The second-order valence-electron chi connectivity index (χ2n) is 5.14. The number of nitrogens with two attached hydrogens (primary N) is 1. The average molecular weight is 348 g/mol. The van der Waals surface area contributed by atoms with Gasteiger partial charge in [-0.1, -0.05) is 0 Å². The third kappa shape index (κ3) is 4.84. The monoisotopic (exact) mass is 348 g/mol. The first-order valence-corrected chi connectivity index (χ1v) is 7.14. The molecular weight excluding hydrogens is 334 g/mol. The molecule has 0 saturated heterocycles. The zero-order chi connectivity index (χ0) is 18.6. The number of amides is 2. The number of hydrogen-bond acceptors (Lipinski definition) is 4. The molecule has 2 amide bonds. The van der Waals surface area contributed by atoms with Gasteiger partial charge >= 0.3 is 5.97 Å². The Morgan fingerprint density at radius 3 is 2.08 bits per heavy atom. The van der Waals surface area contributed by atoms with Crippen molar-refractivity contribution in [3.05, 3.63) is 65.2 Å². The van der Waals surface area contributed by atoms with E-state index >= 15 is 0 Å². The molecule has 0 bridgehead atoms. The molecule has 0 fully saturated rings. The van der Waals surface area contributed by atoms with Crippen molar-refractivity contribution in [2.45, 2.75) is 13.0 Å². The quantitative estimate of drug-likeness (QED) is 0.810. The van der Waals surface area contributed by atoms with Crippen molar-refractivity contribution in [2.75, 3.05) is 5.32 Å². The predicted molar refractivity (Wildman–Crippen MR) is 84.8 cm³/mol. The topological polar surface area (TPSA) is 98.5 Å². The van der Waals surface area contributed by atoms with E-state index in [1.165, 1.54) is 31.2 Å². The minimum atomic E-state index is -1.21. The maximum Gasteiger partial charge on any atom is 0.339 e. The van der Waals surface area contributed by atoms with Gasteiger partial charge in [-0.15, -0.1) is 0 Å². The van der Waals surface area contributed by atoms with E-state index in [9.17, 15) is 23.2 Å². The van der Waals surface area contributed by atoms with Gasteiger partial charge in [-0.2, -0.15) is 0 Å². The van der Waals surface area contributed by atoms with Crippen molar-refractivity contribution in [1.29, 1.82) is 0 Å². The molecule has 0 aliphatic heterocycles. The molecule has 0 saturated carbocycles. The van der Waals surface area contributed by atoms with Crippen LogP contribution in [0, 0.1) is 11.6 Å². The molecule has 6 nitrogen and oxygen atoms in total. The molecule has 1 unspecified atom stereocenters. The largest absolute Gasteiger partial charge is 0.449 e. The van der Waals surface area contributed by atoms with Crippen molar-refractivity contribution in [3.8, 4) is 0 Å². The van der Waals surface area contributed by atoms with E-state index in [1.54, 1.807) is 0 Å². The zero-order valence-electron chi connectivity index (χ0n) is 13.1. The molecule has 0 aromatic heterocycles. The van der Waals surface area contributed by atoms with Crippen LogP contribution in [-0.2, 0) is 9.53 Å².